The van der Waals surface area contributed by atoms with Crippen LogP contribution in [0.1, 0.15) is 178 Å². The van der Waals surface area contributed by atoms with Gasteiger partial charge in [0.15, 0.2) is 17.5 Å². The van der Waals surface area contributed by atoms with Crippen molar-refractivity contribution in [1.82, 2.24) is 10.2 Å². The lowest BCUT2D eigenvalue weighted by Crippen LogP contribution is -2.84. The highest BCUT2D eigenvalue weighted by atomic mass is 16.7. The van der Waals surface area contributed by atoms with Crippen molar-refractivity contribution in [3.05, 3.63) is 95.1 Å². The molecule has 8 heterocycles. The molecule has 9 spiro atoms. The SMILES string of the molecule is C[C@@H]1[C@H]2CCC[C@H]2C=C[C@]12CCC[C@]13O[C@]45C(=C[C@@H]21)C[C@@H]1CC2(CCCC2)C[C@]12C[C@@H]1C[C@]6(C)[C@]78O[C@@H]7C(=O)O[C@@]67c6c(coc6C[C@@H]([C@H]6CC[C@@H]9[C@H](C=CN%10CNC[C@@H]9%10)C6)[C@H](O)CO)CC[C@@H]7C#C[C@@H]6CC[C@@H](Cc7ccccc7)C[C@@H]6[C@]86[C@H](O)C(=O)[C@H]3[C@@]4(COC(=O)[C@@H]25)[C@@H]16. The number of cyclic esters (lactones) is 1. The largest absolute Gasteiger partial charge is 0.469 e. The number of esters is 2. The molecule has 9 bridgehead atoms. The summed E-state index contributed by atoms with van der Waals surface area (Å²) in [4.78, 5) is 54.0. The number of aliphatic hydroxyl groups excluding tert-OH is 3. The molecule has 15 fully saturated rings. The first kappa shape index (κ1) is 59.2. The average molecular weight is 1300 g/mol. The van der Waals surface area contributed by atoms with E-state index >= 15 is 19.5 Å². The fraction of sp³-hybridized carbons (Fsp3) is 0.747. The third-order valence-electron chi connectivity index (χ3n) is 34.9. The molecule has 508 valence electrons. The fourth-order valence-electron chi connectivity index (χ4n) is 32.4. The molecule has 7 aliphatic heterocycles. The summed E-state index contributed by atoms with van der Waals surface area (Å²) in [5, 5.41) is 42.7. The van der Waals surface area contributed by atoms with Crippen LogP contribution in [0.25, 0.3) is 0 Å². The quantitative estimate of drug-likeness (QED) is 0.0891. The first-order valence-corrected chi connectivity index (χ1v) is 39.1. The highest BCUT2D eigenvalue weighted by Crippen LogP contribution is 2.93. The molecule has 22 rings (SSSR count). The fourth-order valence-corrected chi connectivity index (χ4v) is 32.4. The van der Waals surface area contributed by atoms with Crippen LogP contribution in [-0.4, -0.2) is 106 Å². The number of hydrogen-bond acceptors (Lipinski definition) is 13. The van der Waals surface area contributed by atoms with E-state index in [-0.39, 0.29) is 77.2 Å². The van der Waals surface area contributed by atoms with Crippen LogP contribution >= 0.6 is 0 Å². The molecule has 0 amide bonds. The lowest BCUT2D eigenvalue weighted by atomic mass is 9.28. The van der Waals surface area contributed by atoms with Gasteiger partial charge in [-0.05, 0) is 240 Å². The molecule has 10 saturated carbocycles. The summed E-state index contributed by atoms with van der Waals surface area (Å²) >= 11 is 0. The van der Waals surface area contributed by atoms with Gasteiger partial charge >= 0.3 is 11.9 Å². The monoisotopic (exact) mass is 1300 g/mol. The molecular formula is C83H100N2O11. The Morgan fingerprint density at radius 3 is 2.60 bits per heavy atom. The van der Waals surface area contributed by atoms with Gasteiger partial charge in [0.25, 0.3) is 0 Å². The second-order valence-corrected chi connectivity index (χ2v) is 37.3. The molecule has 96 heavy (non-hydrogen) atoms. The van der Waals surface area contributed by atoms with Crippen LogP contribution in [-0.2, 0) is 58.2 Å². The number of fused-ring (bicyclic) bond motifs is 7. The van der Waals surface area contributed by atoms with Gasteiger partial charge in [-0.15, -0.1) is 0 Å². The second-order valence-electron chi connectivity index (χ2n) is 37.3. The number of carbonyl (C=O) groups is 3. The summed E-state index contributed by atoms with van der Waals surface area (Å²) in [6.45, 7) is 6.42. The van der Waals surface area contributed by atoms with Gasteiger partial charge in [0, 0.05) is 52.7 Å². The molecule has 13 aliphatic carbocycles. The number of Topliss-reactive ketones (excluding diaryl/α,β-unsaturated/α-hetero) is 1. The Hall–Kier alpha value is -4.55. The Labute approximate surface area is 565 Å². The van der Waals surface area contributed by atoms with Crippen molar-refractivity contribution in [2.24, 2.45) is 133 Å². The Kier molecular flexibility index (Phi) is 11.9. The van der Waals surface area contributed by atoms with Crippen LogP contribution in [0.3, 0.4) is 0 Å². The van der Waals surface area contributed by atoms with E-state index in [1.54, 1.807) is 0 Å². The van der Waals surface area contributed by atoms with Crippen LogP contribution in [0.15, 0.2) is 77.1 Å². The topological polar surface area (TPSA) is 181 Å². The standard InChI is InChI=1S/C83H100N2O11/c1-45-57-13-8-12-48(57)22-28-76(45)26-9-27-79-64(76)34-55-33-56-38-75(24-6-7-25-75)42-77(56)37-53-36-74(2)81-54(20-17-52-41-92-63(65(52)81)35-59(62(87)40-86)50-18-21-58-51(32-50)23-29-85-44-84-39-61(58)85)19-16-49-15-14-47(30-46-10-4-3-5-11-46)31-60(49)80(83(74)71(94-83)73(91)95-81)67(53)78(68(79)66(88)70(80)89)43-93-72(90)69(77)82(55,78)96-79/h3-5,10-11,22-23,28-29,34,41,45,47-51,53-54,56-62,64,67-71,84,86-87,89H,6-9,12-15,17-18,20-21,24-27,30-33,35-40,42-44H2,1-2H3/t45-,47+,48+,49+,50+,51-,53+,54+,56-,57-,58-,59+,60+,61+,62-,64+,67-,68+,69+,70-,71-,74+,76-,77-,78-,79+,80+,81+,82+,83-/m1/s1. The number of aliphatic hydroxyl groups is 3. The van der Waals surface area contributed by atoms with Crippen LogP contribution in [0, 0.1) is 145 Å². The van der Waals surface area contributed by atoms with E-state index in [9.17, 15) is 10.2 Å². The third kappa shape index (κ3) is 6.53. The van der Waals surface area contributed by atoms with Gasteiger partial charge in [-0.2, -0.15) is 0 Å². The second kappa shape index (κ2) is 19.3. The molecule has 0 unspecified atom stereocenters. The Morgan fingerprint density at radius 2 is 1.74 bits per heavy atom. The number of carbonyl (C=O) groups excluding carboxylic acids is 3. The predicted molar refractivity (Wildman–Crippen MR) is 353 cm³/mol. The summed E-state index contributed by atoms with van der Waals surface area (Å²) in [6.07, 6.45) is 33.6. The first-order valence-electron chi connectivity index (χ1n) is 39.1. The summed E-state index contributed by atoms with van der Waals surface area (Å²) in [6, 6.07) is 11.3. The molecule has 1 aromatic heterocycles. The van der Waals surface area contributed by atoms with Crippen molar-refractivity contribution < 1.29 is 53.1 Å². The summed E-state index contributed by atoms with van der Waals surface area (Å²) in [5.41, 5.74) is -5.16. The van der Waals surface area contributed by atoms with Gasteiger partial charge in [0.2, 0.25) is 0 Å². The molecule has 2 aromatic rings. The van der Waals surface area contributed by atoms with E-state index < -0.39 is 97.9 Å². The molecule has 13 nitrogen and oxygen atoms in total. The number of epoxide rings is 1. The lowest BCUT2D eigenvalue weighted by molar-refractivity contribution is -0.320. The zero-order valence-electron chi connectivity index (χ0n) is 56.5. The molecular weight excluding hydrogens is 1200 g/mol. The number of aryl methyl sites for hydroxylation is 1. The van der Waals surface area contributed by atoms with Gasteiger partial charge in [-0.25, -0.2) is 4.79 Å². The number of ketones is 1. The normalized spacial score (nSPS) is 53.9. The summed E-state index contributed by atoms with van der Waals surface area (Å²) in [5.74, 6) is 7.22. The maximum absolute atomic E-state index is 18.3. The van der Waals surface area contributed by atoms with Crippen molar-refractivity contribution >= 4 is 17.7 Å². The van der Waals surface area contributed by atoms with Gasteiger partial charge in [0.05, 0.1) is 54.4 Å². The van der Waals surface area contributed by atoms with E-state index in [0.717, 1.165) is 114 Å². The van der Waals surface area contributed by atoms with Gasteiger partial charge < -0.3 is 43.6 Å². The summed E-state index contributed by atoms with van der Waals surface area (Å²) in [7, 11) is 0. The number of ether oxygens (including phenoxy) is 4. The maximum atomic E-state index is 18.3. The predicted octanol–water partition coefficient (Wildman–Crippen LogP) is 11.3. The molecule has 0 radical (unpaired) electrons. The Balaban J connectivity index is 0.789. The van der Waals surface area contributed by atoms with Crippen molar-refractivity contribution in [1.29, 1.82) is 0 Å². The molecule has 20 aliphatic rings. The van der Waals surface area contributed by atoms with Crippen molar-refractivity contribution in [3.63, 3.8) is 0 Å². The minimum atomic E-state index is -1.57. The number of furan rings is 1. The molecule has 4 N–H and O–H groups in total. The Bertz CT molecular complexity index is 3880. The van der Waals surface area contributed by atoms with Gasteiger partial charge in [0.1, 0.15) is 29.7 Å². The molecule has 1 aromatic carbocycles. The highest BCUT2D eigenvalue weighted by Gasteiger charge is 3.01. The number of rotatable bonds is 7. The van der Waals surface area contributed by atoms with E-state index in [2.05, 4.69) is 96.7 Å². The van der Waals surface area contributed by atoms with Crippen LogP contribution in [0.5, 0.6) is 0 Å². The first-order chi connectivity index (χ1) is 46.6. The molecule has 30 atom stereocenters. The van der Waals surface area contributed by atoms with Crippen molar-refractivity contribution in [2.75, 3.05) is 26.4 Å². The minimum absolute atomic E-state index is 0.0420. The number of nitrogens with zero attached hydrogens (tertiary/aromatic N) is 1. The Morgan fingerprint density at radius 1 is 0.865 bits per heavy atom. The highest BCUT2D eigenvalue weighted by molar-refractivity contribution is 5.94. The van der Waals surface area contributed by atoms with Crippen LogP contribution in [0.2, 0.25) is 0 Å². The number of nitrogens with one attached hydrogen (secondary N) is 1. The minimum Gasteiger partial charge on any atom is -0.469 e. The smallest absolute Gasteiger partial charge is 0.339 e. The summed E-state index contributed by atoms with van der Waals surface area (Å²) < 4.78 is 39.2. The van der Waals surface area contributed by atoms with E-state index in [1.165, 1.54) is 43.2 Å². The van der Waals surface area contributed by atoms with Crippen LogP contribution in [0.4, 0.5) is 0 Å². The number of hydrogen-bond donors (Lipinski definition) is 4. The third-order valence-corrected chi connectivity index (χ3v) is 34.9. The van der Waals surface area contributed by atoms with E-state index in [0.29, 0.717) is 79.9 Å². The van der Waals surface area contributed by atoms with Gasteiger partial charge in [-0.1, -0.05) is 99.6 Å². The zero-order chi connectivity index (χ0) is 64.3. The van der Waals surface area contributed by atoms with Gasteiger partial charge in [-0.3, -0.25) is 14.9 Å². The molecule has 13 heteroatoms. The van der Waals surface area contributed by atoms with Crippen molar-refractivity contribution in [2.45, 2.75) is 221 Å². The number of benzene rings is 1. The van der Waals surface area contributed by atoms with Crippen LogP contribution < -0.4 is 5.32 Å². The lowest BCUT2D eigenvalue weighted by Gasteiger charge is -2.74. The molecule has 5 saturated heterocycles. The van der Waals surface area contributed by atoms with Crippen molar-refractivity contribution in [3.8, 4) is 11.8 Å². The van der Waals surface area contributed by atoms with E-state index in [1.807, 2.05) is 6.26 Å². The zero-order valence-corrected chi connectivity index (χ0v) is 56.5. The maximum Gasteiger partial charge on any atom is 0.339 e. The average Bonchev–Trinajstić information content (AvgIpc) is 1.40. The van der Waals surface area contributed by atoms with E-state index in [4.69, 9.17) is 23.4 Å². The number of allylic oxidation sites excluding steroid dienone is 3.